The molecule has 0 saturated carbocycles. The summed E-state index contributed by atoms with van der Waals surface area (Å²) in [5.41, 5.74) is 0.839. The molecule has 1 unspecified atom stereocenters. The molecule has 2 rings (SSSR count). The second kappa shape index (κ2) is 4.29. The number of hydrogen-bond donors (Lipinski definition) is 0. The van der Waals surface area contributed by atoms with Crippen molar-refractivity contribution in [2.24, 2.45) is 12.2 Å². The van der Waals surface area contributed by atoms with Crippen LogP contribution in [-0.2, 0) is 17.6 Å². The predicted molar refractivity (Wildman–Crippen MR) is 64.5 cm³/mol. The minimum absolute atomic E-state index is 0.375. The first-order chi connectivity index (χ1) is 7.90. The van der Waals surface area contributed by atoms with E-state index in [4.69, 9.17) is 4.84 Å². The van der Waals surface area contributed by atoms with Crippen molar-refractivity contribution in [1.29, 1.82) is 0 Å². The Bertz CT molecular complexity index is 457. The van der Waals surface area contributed by atoms with E-state index in [1.807, 2.05) is 6.92 Å². The molecule has 1 aromatic rings. The lowest BCUT2D eigenvalue weighted by atomic mass is 10.1. The monoisotopic (exact) mass is 258 g/mol. The lowest BCUT2D eigenvalue weighted by molar-refractivity contribution is -0.0232. The van der Waals surface area contributed by atoms with Crippen LogP contribution >= 0.6 is 11.8 Å². The zero-order chi connectivity index (χ0) is 12.6. The molecule has 17 heavy (non-hydrogen) atoms. The molecule has 1 aliphatic heterocycles. The van der Waals surface area contributed by atoms with Gasteiger partial charge in [-0.1, -0.05) is 16.9 Å². The molecular formula is C10H15FN4OS. The van der Waals surface area contributed by atoms with Crippen LogP contribution in [0.1, 0.15) is 25.2 Å². The van der Waals surface area contributed by atoms with Crippen molar-refractivity contribution in [2.45, 2.75) is 38.3 Å². The van der Waals surface area contributed by atoms with E-state index in [0.29, 0.717) is 10.8 Å². The third-order valence-electron chi connectivity index (χ3n) is 2.53. The van der Waals surface area contributed by atoms with Gasteiger partial charge in [-0.2, -0.15) is 15.0 Å². The summed E-state index contributed by atoms with van der Waals surface area (Å²) >= 11 is 1.31. The average molecular weight is 258 g/mol. The fourth-order valence-electron chi connectivity index (χ4n) is 1.47. The Hall–Kier alpha value is -1.11. The maximum Gasteiger partial charge on any atom is 0.193 e. The van der Waals surface area contributed by atoms with Crippen molar-refractivity contribution in [3.63, 3.8) is 0 Å². The van der Waals surface area contributed by atoms with Gasteiger partial charge in [0.25, 0.3) is 0 Å². The molecule has 0 N–H and O–H groups in total. The molecule has 5 nitrogen and oxygen atoms in total. The van der Waals surface area contributed by atoms with Crippen LogP contribution in [0.4, 0.5) is 4.39 Å². The van der Waals surface area contributed by atoms with Gasteiger partial charge in [-0.15, -0.1) is 0 Å². The average Bonchev–Trinajstić information content (AvgIpc) is 2.68. The highest BCUT2D eigenvalue weighted by atomic mass is 32.2. The van der Waals surface area contributed by atoms with Gasteiger partial charge in [0.05, 0.1) is 11.4 Å². The van der Waals surface area contributed by atoms with Crippen molar-refractivity contribution >= 4 is 16.8 Å². The van der Waals surface area contributed by atoms with Crippen LogP contribution in [0.15, 0.2) is 5.16 Å². The van der Waals surface area contributed by atoms with Crippen LogP contribution in [-0.4, -0.2) is 31.8 Å². The maximum absolute atomic E-state index is 13.9. The standard InChI is InChI=1S/C10H15FN4OS/c1-6-7(13-15(4)12-6)5-17-9-8(11)10(2,3)16-14-9/h8H,5H2,1-4H3. The molecule has 0 bridgehead atoms. The molecule has 7 heteroatoms. The number of aromatic nitrogens is 3. The molecular weight excluding hydrogens is 243 g/mol. The summed E-state index contributed by atoms with van der Waals surface area (Å²) in [6.45, 7) is 5.25. The number of alkyl halides is 1. The van der Waals surface area contributed by atoms with Gasteiger partial charge in [-0.05, 0) is 20.8 Å². The van der Waals surface area contributed by atoms with Gasteiger partial charge in [0.2, 0.25) is 0 Å². The molecule has 0 fully saturated rings. The highest BCUT2D eigenvalue weighted by molar-refractivity contribution is 8.13. The number of oxime groups is 1. The summed E-state index contributed by atoms with van der Waals surface area (Å²) in [5.74, 6) is 0.554. The van der Waals surface area contributed by atoms with Gasteiger partial charge in [0.15, 0.2) is 16.8 Å². The van der Waals surface area contributed by atoms with E-state index in [9.17, 15) is 4.39 Å². The SMILES string of the molecule is Cc1nn(C)nc1CSC1=NOC(C)(C)C1F. The summed E-state index contributed by atoms with van der Waals surface area (Å²) < 4.78 is 13.9. The highest BCUT2D eigenvalue weighted by Crippen LogP contribution is 2.32. The van der Waals surface area contributed by atoms with E-state index < -0.39 is 11.8 Å². The number of hydrogen-bond acceptors (Lipinski definition) is 5. The smallest absolute Gasteiger partial charge is 0.193 e. The Labute approximate surface area is 103 Å². The Morgan fingerprint density at radius 1 is 1.47 bits per heavy atom. The minimum Gasteiger partial charge on any atom is -0.385 e. The molecule has 1 atom stereocenters. The second-order valence-electron chi connectivity index (χ2n) is 4.50. The summed E-state index contributed by atoms with van der Waals surface area (Å²) in [6.07, 6.45) is -1.18. The van der Waals surface area contributed by atoms with E-state index in [2.05, 4.69) is 15.4 Å². The van der Waals surface area contributed by atoms with E-state index in [1.165, 1.54) is 16.6 Å². The van der Waals surface area contributed by atoms with Crippen LogP contribution < -0.4 is 0 Å². The fraction of sp³-hybridized carbons (Fsp3) is 0.700. The molecule has 0 radical (unpaired) electrons. The van der Waals surface area contributed by atoms with Crippen molar-refractivity contribution < 1.29 is 9.23 Å². The number of aryl methyl sites for hydroxylation is 2. The number of nitrogens with zero attached hydrogens (tertiary/aromatic N) is 4. The van der Waals surface area contributed by atoms with E-state index in [1.54, 1.807) is 20.9 Å². The van der Waals surface area contributed by atoms with Gasteiger partial charge in [0.1, 0.15) is 0 Å². The van der Waals surface area contributed by atoms with E-state index in [0.717, 1.165) is 11.4 Å². The third kappa shape index (κ3) is 2.43. The predicted octanol–water partition coefficient (Wildman–Crippen LogP) is 1.82. The van der Waals surface area contributed by atoms with Crippen LogP contribution in [0.3, 0.4) is 0 Å². The summed E-state index contributed by atoms with van der Waals surface area (Å²) in [4.78, 5) is 6.55. The molecule has 0 amide bonds. The molecule has 0 spiro atoms. The Kier molecular flexibility index (Phi) is 3.11. The Balaban J connectivity index is 1.98. The quantitative estimate of drug-likeness (QED) is 0.812. The van der Waals surface area contributed by atoms with Crippen molar-refractivity contribution in [3.05, 3.63) is 11.4 Å². The molecule has 1 aliphatic rings. The number of rotatable bonds is 2. The number of thioether (sulfide) groups is 1. The second-order valence-corrected chi connectivity index (χ2v) is 5.49. The molecule has 1 aromatic heterocycles. The topological polar surface area (TPSA) is 52.3 Å². The highest BCUT2D eigenvalue weighted by Gasteiger charge is 2.42. The third-order valence-corrected chi connectivity index (χ3v) is 3.53. The van der Waals surface area contributed by atoms with Crippen molar-refractivity contribution in [2.75, 3.05) is 0 Å². The first-order valence-electron chi connectivity index (χ1n) is 5.30. The van der Waals surface area contributed by atoms with Crippen LogP contribution in [0.2, 0.25) is 0 Å². The lowest BCUT2D eigenvalue weighted by Crippen LogP contribution is -2.33. The zero-order valence-corrected chi connectivity index (χ0v) is 11.1. The normalized spacial score (nSPS) is 22.4. The van der Waals surface area contributed by atoms with Gasteiger partial charge in [0, 0.05) is 12.8 Å². The van der Waals surface area contributed by atoms with Crippen LogP contribution in [0.5, 0.6) is 0 Å². The lowest BCUT2D eigenvalue weighted by Gasteiger charge is -2.17. The van der Waals surface area contributed by atoms with Crippen molar-refractivity contribution in [1.82, 2.24) is 15.0 Å². The van der Waals surface area contributed by atoms with Gasteiger partial charge >= 0.3 is 0 Å². The Morgan fingerprint density at radius 3 is 2.65 bits per heavy atom. The molecule has 0 aliphatic carbocycles. The van der Waals surface area contributed by atoms with Gasteiger partial charge in [-0.3, -0.25) is 0 Å². The van der Waals surface area contributed by atoms with E-state index >= 15 is 0 Å². The van der Waals surface area contributed by atoms with Gasteiger partial charge < -0.3 is 4.84 Å². The van der Waals surface area contributed by atoms with Crippen LogP contribution in [0.25, 0.3) is 0 Å². The summed E-state index contributed by atoms with van der Waals surface area (Å²) in [7, 11) is 1.76. The molecule has 2 heterocycles. The van der Waals surface area contributed by atoms with Crippen molar-refractivity contribution in [3.8, 4) is 0 Å². The zero-order valence-electron chi connectivity index (χ0n) is 10.3. The maximum atomic E-state index is 13.9. The fourth-order valence-corrected chi connectivity index (χ4v) is 2.54. The number of halogens is 1. The summed E-state index contributed by atoms with van der Waals surface area (Å²) in [6, 6.07) is 0. The molecule has 94 valence electrons. The van der Waals surface area contributed by atoms with Gasteiger partial charge in [-0.25, -0.2) is 4.39 Å². The molecule has 0 saturated heterocycles. The first-order valence-corrected chi connectivity index (χ1v) is 6.28. The van der Waals surface area contributed by atoms with Crippen LogP contribution in [0, 0.1) is 6.92 Å². The first kappa shape index (κ1) is 12.3. The van der Waals surface area contributed by atoms with E-state index in [-0.39, 0.29) is 0 Å². The minimum atomic E-state index is -1.18. The largest absolute Gasteiger partial charge is 0.385 e. The summed E-state index contributed by atoms with van der Waals surface area (Å²) in [5, 5.41) is 12.5. The molecule has 0 aromatic carbocycles. The Morgan fingerprint density at radius 2 is 2.18 bits per heavy atom.